The second-order valence-corrected chi connectivity index (χ2v) is 5.46. The van der Waals surface area contributed by atoms with Crippen LogP contribution in [0.2, 0.25) is 0 Å². The molecular formula is C16H21N3O3. The van der Waals surface area contributed by atoms with Gasteiger partial charge in [-0.3, -0.25) is 4.79 Å². The van der Waals surface area contributed by atoms with E-state index in [1.54, 1.807) is 14.0 Å². The van der Waals surface area contributed by atoms with Crippen molar-refractivity contribution in [3.05, 3.63) is 36.0 Å². The number of nitrogens with zero attached hydrogens (tertiary/aromatic N) is 1. The zero-order chi connectivity index (χ0) is 16.1. The Morgan fingerprint density at radius 3 is 2.86 bits per heavy atom. The van der Waals surface area contributed by atoms with Crippen molar-refractivity contribution < 1.29 is 14.7 Å². The summed E-state index contributed by atoms with van der Waals surface area (Å²) in [7, 11) is 1.60. The van der Waals surface area contributed by atoms with Gasteiger partial charge in [0.2, 0.25) is 0 Å². The molecule has 0 aliphatic rings. The first-order valence-corrected chi connectivity index (χ1v) is 7.25. The maximum atomic E-state index is 11.9. The first-order valence-electron chi connectivity index (χ1n) is 7.25. The van der Waals surface area contributed by atoms with Crippen molar-refractivity contribution >= 4 is 22.9 Å². The SMILES string of the molecule is CC(CN(C)C(=O)NCCc1cccc2[nH]ccc12)C(=O)O. The molecule has 1 heterocycles. The van der Waals surface area contributed by atoms with Crippen molar-refractivity contribution in [2.75, 3.05) is 20.1 Å². The fraction of sp³-hybridized carbons (Fsp3) is 0.375. The van der Waals surface area contributed by atoms with Gasteiger partial charge in [-0.15, -0.1) is 0 Å². The number of amides is 2. The van der Waals surface area contributed by atoms with Gasteiger partial charge in [-0.1, -0.05) is 19.1 Å². The third-order valence-electron chi connectivity index (χ3n) is 3.67. The average molecular weight is 303 g/mol. The van der Waals surface area contributed by atoms with Crippen molar-refractivity contribution in [1.82, 2.24) is 15.2 Å². The molecule has 6 heteroatoms. The molecule has 1 aromatic carbocycles. The Hall–Kier alpha value is -2.50. The molecule has 0 aliphatic carbocycles. The molecule has 0 spiro atoms. The molecular weight excluding hydrogens is 282 g/mol. The lowest BCUT2D eigenvalue weighted by Gasteiger charge is -2.20. The minimum Gasteiger partial charge on any atom is -0.481 e. The average Bonchev–Trinajstić information content (AvgIpc) is 2.96. The predicted octanol–water partition coefficient (Wildman–Crippen LogP) is 2.07. The van der Waals surface area contributed by atoms with Crippen LogP contribution in [0.25, 0.3) is 10.9 Å². The molecule has 22 heavy (non-hydrogen) atoms. The molecule has 1 atom stereocenters. The summed E-state index contributed by atoms with van der Waals surface area (Å²) in [6.45, 7) is 2.28. The monoisotopic (exact) mass is 303 g/mol. The summed E-state index contributed by atoms with van der Waals surface area (Å²) < 4.78 is 0. The summed E-state index contributed by atoms with van der Waals surface area (Å²) in [5.41, 5.74) is 2.25. The third kappa shape index (κ3) is 3.78. The van der Waals surface area contributed by atoms with Gasteiger partial charge in [-0.25, -0.2) is 4.79 Å². The predicted molar refractivity (Wildman–Crippen MR) is 84.8 cm³/mol. The first-order chi connectivity index (χ1) is 10.5. The van der Waals surface area contributed by atoms with E-state index in [-0.39, 0.29) is 12.6 Å². The van der Waals surface area contributed by atoms with E-state index in [1.165, 1.54) is 10.5 Å². The van der Waals surface area contributed by atoms with E-state index < -0.39 is 11.9 Å². The fourth-order valence-electron chi connectivity index (χ4n) is 2.38. The van der Waals surface area contributed by atoms with Crippen molar-refractivity contribution in [3.63, 3.8) is 0 Å². The summed E-state index contributed by atoms with van der Waals surface area (Å²) in [5.74, 6) is -1.48. The Morgan fingerprint density at radius 1 is 1.36 bits per heavy atom. The lowest BCUT2D eigenvalue weighted by atomic mass is 10.1. The zero-order valence-corrected chi connectivity index (χ0v) is 12.8. The van der Waals surface area contributed by atoms with Gasteiger partial charge >= 0.3 is 12.0 Å². The molecule has 1 unspecified atom stereocenters. The van der Waals surface area contributed by atoms with Gasteiger partial charge in [0.15, 0.2) is 0 Å². The van der Waals surface area contributed by atoms with E-state index >= 15 is 0 Å². The van der Waals surface area contributed by atoms with Crippen LogP contribution in [-0.4, -0.2) is 47.1 Å². The van der Waals surface area contributed by atoms with Crippen molar-refractivity contribution in [2.24, 2.45) is 5.92 Å². The minimum absolute atomic E-state index is 0.189. The number of carbonyl (C=O) groups is 2. The number of hydrogen-bond acceptors (Lipinski definition) is 2. The number of carboxylic acid groups (broad SMARTS) is 1. The fourth-order valence-corrected chi connectivity index (χ4v) is 2.38. The molecule has 2 aromatic rings. The van der Waals surface area contributed by atoms with Gasteiger partial charge in [-0.05, 0) is 24.1 Å². The summed E-state index contributed by atoms with van der Waals surface area (Å²) in [6, 6.07) is 7.80. The Balaban J connectivity index is 1.84. The Bertz CT molecular complexity index is 665. The summed E-state index contributed by atoms with van der Waals surface area (Å²) in [4.78, 5) is 27.3. The number of aromatic nitrogens is 1. The number of carboxylic acids is 1. The maximum absolute atomic E-state index is 11.9. The summed E-state index contributed by atoms with van der Waals surface area (Å²) in [5, 5.41) is 12.8. The summed E-state index contributed by atoms with van der Waals surface area (Å²) in [6.07, 6.45) is 2.62. The van der Waals surface area contributed by atoms with E-state index in [4.69, 9.17) is 5.11 Å². The molecule has 0 aliphatic heterocycles. The highest BCUT2D eigenvalue weighted by Gasteiger charge is 2.16. The van der Waals surface area contributed by atoms with Gasteiger partial charge < -0.3 is 20.3 Å². The number of H-pyrrole nitrogens is 1. The molecule has 2 rings (SSSR count). The smallest absolute Gasteiger partial charge is 0.317 e. The highest BCUT2D eigenvalue weighted by Crippen LogP contribution is 2.17. The number of nitrogens with one attached hydrogen (secondary N) is 2. The number of benzene rings is 1. The Morgan fingerprint density at radius 2 is 2.14 bits per heavy atom. The number of carbonyl (C=O) groups excluding carboxylic acids is 1. The topological polar surface area (TPSA) is 85.4 Å². The van der Waals surface area contributed by atoms with E-state index in [2.05, 4.69) is 10.3 Å². The Kier molecular flexibility index (Phi) is 5.04. The molecule has 0 fully saturated rings. The summed E-state index contributed by atoms with van der Waals surface area (Å²) >= 11 is 0. The second-order valence-electron chi connectivity index (χ2n) is 5.46. The molecule has 1 aromatic heterocycles. The van der Waals surface area contributed by atoms with Gasteiger partial charge in [0.05, 0.1) is 5.92 Å². The number of aliphatic carboxylic acids is 1. The van der Waals surface area contributed by atoms with Crippen LogP contribution in [-0.2, 0) is 11.2 Å². The molecule has 2 amide bonds. The molecule has 0 saturated heterocycles. The van der Waals surface area contributed by atoms with E-state index in [0.29, 0.717) is 6.54 Å². The van der Waals surface area contributed by atoms with Crippen LogP contribution in [0.1, 0.15) is 12.5 Å². The van der Waals surface area contributed by atoms with Crippen LogP contribution in [0.3, 0.4) is 0 Å². The largest absolute Gasteiger partial charge is 0.481 e. The van der Waals surface area contributed by atoms with Crippen LogP contribution in [0.4, 0.5) is 4.79 Å². The van der Waals surface area contributed by atoms with E-state index in [1.807, 2.05) is 30.5 Å². The number of fused-ring (bicyclic) bond motifs is 1. The molecule has 0 radical (unpaired) electrons. The normalized spacial score (nSPS) is 12.1. The van der Waals surface area contributed by atoms with E-state index in [0.717, 1.165) is 17.3 Å². The highest BCUT2D eigenvalue weighted by molar-refractivity contribution is 5.83. The van der Waals surface area contributed by atoms with E-state index in [9.17, 15) is 9.59 Å². The van der Waals surface area contributed by atoms with Crippen molar-refractivity contribution in [1.29, 1.82) is 0 Å². The van der Waals surface area contributed by atoms with Gasteiger partial charge in [0.25, 0.3) is 0 Å². The van der Waals surface area contributed by atoms with Crippen LogP contribution in [0, 0.1) is 5.92 Å². The quantitative estimate of drug-likeness (QED) is 0.763. The molecule has 0 saturated carbocycles. The van der Waals surface area contributed by atoms with Crippen LogP contribution in [0.5, 0.6) is 0 Å². The number of rotatable bonds is 6. The number of aromatic amines is 1. The molecule has 0 bridgehead atoms. The van der Waals surface area contributed by atoms with Crippen LogP contribution < -0.4 is 5.32 Å². The lowest BCUT2D eigenvalue weighted by Crippen LogP contribution is -2.41. The third-order valence-corrected chi connectivity index (χ3v) is 3.67. The first kappa shape index (κ1) is 15.9. The van der Waals surface area contributed by atoms with Crippen LogP contribution in [0.15, 0.2) is 30.5 Å². The molecule has 6 nitrogen and oxygen atoms in total. The van der Waals surface area contributed by atoms with Crippen molar-refractivity contribution in [3.8, 4) is 0 Å². The molecule has 3 N–H and O–H groups in total. The highest BCUT2D eigenvalue weighted by atomic mass is 16.4. The standard InChI is InChI=1S/C16H21N3O3/c1-11(15(20)21)10-19(2)16(22)18-8-6-12-4-3-5-14-13(12)7-9-17-14/h3-5,7,9,11,17H,6,8,10H2,1-2H3,(H,18,22)(H,20,21). The number of hydrogen-bond donors (Lipinski definition) is 3. The van der Waals surface area contributed by atoms with Crippen molar-refractivity contribution in [2.45, 2.75) is 13.3 Å². The second kappa shape index (κ2) is 6.98. The van der Waals surface area contributed by atoms with Gasteiger partial charge in [-0.2, -0.15) is 0 Å². The molecule has 118 valence electrons. The number of urea groups is 1. The van der Waals surface area contributed by atoms with Crippen LogP contribution >= 0.6 is 0 Å². The Labute approximate surface area is 129 Å². The maximum Gasteiger partial charge on any atom is 0.317 e. The minimum atomic E-state index is -0.904. The van der Waals surface area contributed by atoms with Gasteiger partial charge in [0.1, 0.15) is 0 Å². The van der Waals surface area contributed by atoms with Gasteiger partial charge in [0, 0.05) is 37.2 Å². The zero-order valence-electron chi connectivity index (χ0n) is 12.8. The lowest BCUT2D eigenvalue weighted by molar-refractivity contribution is -0.141.